The Kier molecular flexibility index (Phi) is 6.49. The Hall–Kier alpha value is -2.89. The molecule has 3 aromatic carbocycles. The number of nitrogens with one attached hydrogen (secondary N) is 1. The van der Waals surface area contributed by atoms with E-state index in [0.29, 0.717) is 6.61 Å². The lowest BCUT2D eigenvalue weighted by Gasteiger charge is -2.43. The summed E-state index contributed by atoms with van der Waals surface area (Å²) in [7, 11) is -2.56. The van der Waals surface area contributed by atoms with Crippen molar-refractivity contribution >= 4 is 30.4 Å². The van der Waals surface area contributed by atoms with Crippen LogP contribution in [0.4, 0.5) is 10.5 Å². The number of urea groups is 1. The van der Waals surface area contributed by atoms with Crippen molar-refractivity contribution in [2.24, 2.45) is 0 Å². The van der Waals surface area contributed by atoms with Crippen molar-refractivity contribution in [1.82, 2.24) is 5.32 Å². The van der Waals surface area contributed by atoms with Gasteiger partial charge in [0.25, 0.3) is 8.32 Å². The second kappa shape index (κ2) is 9.31. The van der Waals surface area contributed by atoms with Gasteiger partial charge in [0.2, 0.25) is 0 Å². The van der Waals surface area contributed by atoms with Gasteiger partial charge in [-0.25, -0.2) is 4.79 Å². The molecule has 4 nitrogen and oxygen atoms in total. The highest BCUT2D eigenvalue weighted by atomic mass is 28.4. The first kappa shape index (κ1) is 22.3. The minimum atomic E-state index is -2.56. The molecule has 0 aliphatic carbocycles. The van der Waals surface area contributed by atoms with E-state index in [0.717, 1.165) is 30.8 Å². The molecule has 1 aliphatic heterocycles. The molecule has 0 unspecified atom stereocenters. The SMILES string of the molecule is CC(C)(C)[Si](OCc1ccc(N2CCCNC2=O)cc1)(c1ccccc1)c1ccccc1. The third kappa shape index (κ3) is 4.36. The van der Waals surface area contributed by atoms with Gasteiger partial charge in [-0.1, -0.05) is 93.6 Å². The molecule has 0 aromatic heterocycles. The predicted octanol–water partition coefficient (Wildman–Crippen LogP) is 4.68. The summed E-state index contributed by atoms with van der Waals surface area (Å²) in [6, 6.07) is 29.6. The molecule has 0 bridgehead atoms. The molecule has 1 aliphatic rings. The van der Waals surface area contributed by atoms with Crippen LogP contribution in [0.5, 0.6) is 0 Å². The van der Waals surface area contributed by atoms with Crippen molar-refractivity contribution < 1.29 is 9.22 Å². The summed E-state index contributed by atoms with van der Waals surface area (Å²) in [4.78, 5) is 14.0. The van der Waals surface area contributed by atoms with Crippen LogP contribution in [-0.2, 0) is 11.0 Å². The molecule has 5 heteroatoms. The van der Waals surface area contributed by atoms with Gasteiger partial charge in [-0.15, -0.1) is 0 Å². The first-order valence-electron chi connectivity index (χ1n) is 11.3. The van der Waals surface area contributed by atoms with E-state index < -0.39 is 8.32 Å². The number of hydrogen-bond acceptors (Lipinski definition) is 2. The molecule has 2 amide bonds. The molecule has 1 heterocycles. The van der Waals surface area contributed by atoms with Crippen LogP contribution >= 0.6 is 0 Å². The number of rotatable bonds is 6. The highest BCUT2D eigenvalue weighted by molar-refractivity contribution is 6.99. The van der Waals surface area contributed by atoms with Crippen LogP contribution in [0.25, 0.3) is 0 Å². The van der Waals surface area contributed by atoms with Crippen LogP contribution < -0.4 is 20.6 Å². The van der Waals surface area contributed by atoms with Crippen molar-refractivity contribution in [3.05, 3.63) is 90.5 Å². The monoisotopic (exact) mass is 444 g/mol. The van der Waals surface area contributed by atoms with Gasteiger partial charge in [-0.2, -0.15) is 0 Å². The second-order valence-corrected chi connectivity index (χ2v) is 13.7. The fourth-order valence-electron chi connectivity index (χ4n) is 4.60. The highest BCUT2D eigenvalue weighted by Crippen LogP contribution is 2.37. The van der Waals surface area contributed by atoms with Crippen molar-refractivity contribution in [2.45, 2.75) is 38.8 Å². The maximum Gasteiger partial charge on any atom is 0.321 e. The first-order valence-corrected chi connectivity index (χ1v) is 13.2. The van der Waals surface area contributed by atoms with E-state index in [1.165, 1.54) is 10.4 Å². The van der Waals surface area contributed by atoms with Gasteiger partial charge in [-0.3, -0.25) is 4.90 Å². The van der Waals surface area contributed by atoms with Crippen LogP contribution in [0.2, 0.25) is 5.04 Å². The first-order chi connectivity index (χ1) is 15.4. The summed E-state index contributed by atoms with van der Waals surface area (Å²) in [6.45, 7) is 8.90. The molecule has 166 valence electrons. The number of nitrogens with zero attached hydrogens (tertiary/aromatic N) is 1. The molecule has 1 N–H and O–H groups in total. The lowest BCUT2D eigenvalue weighted by atomic mass is 10.2. The average Bonchev–Trinajstić information content (AvgIpc) is 2.81. The summed E-state index contributed by atoms with van der Waals surface area (Å²) in [5.74, 6) is 0. The predicted molar refractivity (Wildman–Crippen MR) is 134 cm³/mol. The summed E-state index contributed by atoms with van der Waals surface area (Å²) in [5.41, 5.74) is 2.04. The fourth-order valence-corrected chi connectivity index (χ4v) is 9.14. The Balaban J connectivity index is 1.64. The highest BCUT2D eigenvalue weighted by Gasteiger charge is 2.50. The van der Waals surface area contributed by atoms with Gasteiger partial charge in [0, 0.05) is 18.8 Å². The zero-order chi connectivity index (χ0) is 22.6. The Bertz CT molecular complexity index is 991. The maximum absolute atomic E-state index is 12.2. The number of benzene rings is 3. The number of carbonyl (C=O) groups excluding carboxylic acids is 1. The van der Waals surface area contributed by atoms with Crippen LogP contribution in [0.3, 0.4) is 0 Å². The Morgan fingerprint density at radius 2 is 1.44 bits per heavy atom. The smallest absolute Gasteiger partial charge is 0.321 e. The Morgan fingerprint density at radius 3 is 1.94 bits per heavy atom. The van der Waals surface area contributed by atoms with E-state index in [1.54, 1.807) is 4.90 Å². The van der Waals surface area contributed by atoms with Gasteiger partial charge in [-0.05, 0) is 39.5 Å². The third-order valence-corrected chi connectivity index (χ3v) is 11.2. The molecule has 32 heavy (non-hydrogen) atoms. The van der Waals surface area contributed by atoms with E-state index in [-0.39, 0.29) is 11.1 Å². The molecule has 1 saturated heterocycles. The number of amides is 2. The van der Waals surface area contributed by atoms with Crippen LogP contribution in [0.1, 0.15) is 32.8 Å². The van der Waals surface area contributed by atoms with E-state index in [1.807, 2.05) is 12.1 Å². The van der Waals surface area contributed by atoms with Crippen molar-refractivity contribution in [1.29, 1.82) is 0 Å². The molecular weight excluding hydrogens is 412 g/mol. The second-order valence-electron chi connectivity index (χ2n) is 9.36. The van der Waals surface area contributed by atoms with Gasteiger partial charge in [0.05, 0.1) is 6.61 Å². The van der Waals surface area contributed by atoms with Crippen LogP contribution in [-0.4, -0.2) is 27.4 Å². The van der Waals surface area contributed by atoms with Crippen molar-refractivity contribution in [2.75, 3.05) is 18.0 Å². The molecule has 3 aromatic rings. The van der Waals surface area contributed by atoms with Gasteiger partial charge < -0.3 is 9.74 Å². The molecule has 4 rings (SSSR count). The van der Waals surface area contributed by atoms with Crippen LogP contribution in [0.15, 0.2) is 84.9 Å². The summed E-state index contributed by atoms with van der Waals surface area (Å²) in [5, 5.41) is 5.41. The minimum absolute atomic E-state index is 0.0208. The molecule has 0 spiro atoms. The average molecular weight is 445 g/mol. The normalized spacial score (nSPS) is 14.8. The van der Waals surface area contributed by atoms with Crippen molar-refractivity contribution in [3.8, 4) is 0 Å². The topological polar surface area (TPSA) is 41.6 Å². The Morgan fingerprint density at radius 1 is 0.875 bits per heavy atom. The van der Waals surface area contributed by atoms with E-state index in [2.05, 4.69) is 98.9 Å². The van der Waals surface area contributed by atoms with Gasteiger partial charge >= 0.3 is 6.03 Å². The molecule has 1 fully saturated rings. The molecule has 0 saturated carbocycles. The molecule has 0 radical (unpaired) electrons. The number of anilines is 1. The molecule has 0 atom stereocenters. The van der Waals surface area contributed by atoms with E-state index in [4.69, 9.17) is 4.43 Å². The fraction of sp³-hybridized carbons (Fsp3) is 0.296. The quantitative estimate of drug-likeness (QED) is 0.561. The third-order valence-electron chi connectivity index (χ3n) is 6.20. The van der Waals surface area contributed by atoms with E-state index in [9.17, 15) is 4.79 Å². The lowest BCUT2D eigenvalue weighted by molar-refractivity contribution is 0.243. The Labute approximate surface area is 192 Å². The van der Waals surface area contributed by atoms with Gasteiger partial charge in [0.1, 0.15) is 0 Å². The molecular formula is C27H32N2O2Si. The zero-order valence-electron chi connectivity index (χ0n) is 19.2. The number of carbonyl (C=O) groups is 1. The number of hydrogen-bond donors (Lipinski definition) is 1. The van der Waals surface area contributed by atoms with Crippen LogP contribution in [0, 0.1) is 0 Å². The van der Waals surface area contributed by atoms with Crippen molar-refractivity contribution in [3.63, 3.8) is 0 Å². The van der Waals surface area contributed by atoms with E-state index >= 15 is 0 Å². The summed E-state index contributed by atoms with van der Waals surface area (Å²) >= 11 is 0. The maximum atomic E-state index is 12.2. The standard InChI is InChI=1S/C27H32N2O2Si/c1-27(2,3)32(24-11-6-4-7-12-24,25-13-8-5-9-14-25)31-21-22-15-17-23(18-16-22)29-20-10-19-28-26(29)30/h4-9,11-18H,10,19-21H2,1-3H3,(H,28,30). The largest absolute Gasteiger partial charge is 0.403 e. The summed E-state index contributed by atoms with van der Waals surface area (Å²) in [6.07, 6.45) is 0.963. The summed E-state index contributed by atoms with van der Waals surface area (Å²) < 4.78 is 7.00. The minimum Gasteiger partial charge on any atom is -0.403 e. The lowest BCUT2D eigenvalue weighted by Crippen LogP contribution is -2.66. The zero-order valence-corrected chi connectivity index (χ0v) is 20.2. The van der Waals surface area contributed by atoms with Gasteiger partial charge in [0.15, 0.2) is 0 Å².